The molecule has 4 rings (SSSR count). The predicted octanol–water partition coefficient (Wildman–Crippen LogP) is 3.31. The van der Waals surface area contributed by atoms with E-state index < -0.39 is 5.97 Å². The third-order valence-corrected chi connectivity index (χ3v) is 3.83. The van der Waals surface area contributed by atoms with Gasteiger partial charge >= 0.3 is 5.97 Å². The molecule has 0 atom stereocenters. The molecule has 1 aromatic carbocycles. The molecule has 3 heterocycles. The van der Waals surface area contributed by atoms with Crippen molar-refractivity contribution in [2.24, 2.45) is 0 Å². The van der Waals surface area contributed by atoms with Gasteiger partial charge in [0.15, 0.2) is 0 Å². The van der Waals surface area contributed by atoms with Gasteiger partial charge in [-0.3, -0.25) is 9.55 Å². The maximum Gasteiger partial charge on any atom is 0.340 e. The van der Waals surface area contributed by atoms with Gasteiger partial charge in [-0.05, 0) is 42.0 Å². The summed E-state index contributed by atoms with van der Waals surface area (Å²) in [6.07, 6.45) is 8.13. The molecule has 0 bridgehead atoms. The quantitative estimate of drug-likeness (QED) is 0.529. The van der Waals surface area contributed by atoms with E-state index in [1.807, 2.05) is 6.07 Å². The topological polar surface area (TPSA) is 69.9 Å². The summed E-state index contributed by atoms with van der Waals surface area (Å²) in [6, 6.07) is 9.37. The molecule has 0 aliphatic carbocycles. The molecule has 0 spiro atoms. The lowest BCUT2D eigenvalue weighted by molar-refractivity contribution is 0.0472. The first-order valence-corrected chi connectivity index (χ1v) is 7.85. The van der Waals surface area contributed by atoms with Crippen LogP contribution in [0.1, 0.15) is 15.9 Å². The van der Waals surface area contributed by atoms with Crippen LogP contribution in [0.5, 0.6) is 0 Å². The zero-order valence-corrected chi connectivity index (χ0v) is 13.5. The van der Waals surface area contributed by atoms with Crippen molar-refractivity contribution in [1.29, 1.82) is 0 Å². The average Bonchev–Trinajstić information content (AvgIpc) is 3.20. The predicted molar refractivity (Wildman–Crippen MR) is 92.2 cm³/mol. The van der Waals surface area contributed by atoms with Crippen molar-refractivity contribution in [3.8, 4) is 5.82 Å². The number of fused-ring (bicyclic) bond motifs is 1. The smallest absolute Gasteiger partial charge is 0.340 e. The van der Waals surface area contributed by atoms with Gasteiger partial charge in [0, 0.05) is 30.2 Å². The van der Waals surface area contributed by atoms with Crippen LogP contribution in [0.2, 0.25) is 0 Å². The Kier molecular flexibility index (Phi) is 4.10. The summed E-state index contributed by atoms with van der Waals surface area (Å²) in [5.41, 5.74) is 1.67. The van der Waals surface area contributed by atoms with Crippen LogP contribution in [0.4, 0.5) is 4.39 Å². The fourth-order valence-corrected chi connectivity index (χ4v) is 2.53. The normalized spacial score (nSPS) is 10.8. The molecule has 6 nitrogen and oxygen atoms in total. The number of imidazole rings is 1. The van der Waals surface area contributed by atoms with Crippen LogP contribution in [0.25, 0.3) is 16.7 Å². The Morgan fingerprint density at radius 1 is 1.12 bits per heavy atom. The van der Waals surface area contributed by atoms with Gasteiger partial charge in [-0.1, -0.05) is 0 Å². The Hall–Kier alpha value is -3.61. The highest BCUT2D eigenvalue weighted by Gasteiger charge is 2.10. The van der Waals surface area contributed by atoms with E-state index in [0.29, 0.717) is 16.7 Å². The van der Waals surface area contributed by atoms with Crippen molar-refractivity contribution in [3.05, 3.63) is 84.5 Å². The molecule has 0 fully saturated rings. The summed E-state index contributed by atoms with van der Waals surface area (Å²) in [7, 11) is 0. The molecule has 0 N–H and O–H groups in total. The van der Waals surface area contributed by atoms with Gasteiger partial charge in [0.2, 0.25) is 0 Å². The Bertz CT molecular complexity index is 1080. The van der Waals surface area contributed by atoms with E-state index in [-0.39, 0.29) is 18.0 Å². The maximum absolute atomic E-state index is 13.3. The van der Waals surface area contributed by atoms with Crippen molar-refractivity contribution >= 4 is 16.9 Å². The lowest BCUT2D eigenvalue weighted by atomic mass is 10.1. The fourth-order valence-electron chi connectivity index (χ4n) is 2.53. The molecule has 0 aliphatic rings. The maximum atomic E-state index is 13.3. The number of rotatable bonds is 4. The first-order valence-electron chi connectivity index (χ1n) is 7.85. The Labute approximate surface area is 147 Å². The molecular formula is C19H13FN4O2. The minimum atomic E-state index is -0.523. The van der Waals surface area contributed by atoms with Crippen LogP contribution in [-0.2, 0) is 11.3 Å². The summed E-state index contributed by atoms with van der Waals surface area (Å²) in [5.74, 6) is -0.225. The second kappa shape index (κ2) is 6.72. The highest BCUT2D eigenvalue weighted by Crippen LogP contribution is 2.16. The molecular weight excluding hydrogens is 335 g/mol. The van der Waals surface area contributed by atoms with Crippen molar-refractivity contribution < 1.29 is 13.9 Å². The Morgan fingerprint density at radius 2 is 2.04 bits per heavy atom. The second-order valence-electron chi connectivity index (χ2n) is 5.63. The summed E-state index contributed by atoms with van der Waals surface area (Å²) in [6.45, 7) is 0.0875. The second-order valence-corrected chi connectivity index (χ2v) is 5.63. The first-order chi connectivity index (χ1) is 12.7. The molecule has 0 radical (unpaired) electrons. The molecule has 26 heavy (non-hydrogen) atoms. The van der Waals surface area contributed by atoms with Gasteiger partial charge in [-0.25, -0.2) is 19.2 Å². The van der Waals surface area contributed by atoms with Crippen molar-refractivity contribution in [3.63, 3.8) is 0 Å². The van der Waals surface area contributed by atoms with E-state index in [1.165, 1.54) is 18.3 Å². The number of hydrogen-bond donors (Lipinski definition) is 0. The number of nitrogens with zero attached hydrogens (tertiary/aromatic N) is 4. The zero-order chi connectivity index (χ0) is 17.9. The standard InChI is InChI=1S/C19H13FN4O2/c20-16-1-2-17-14(9-16)8-15(10-23-17)19(25)26-11-13-3-4-22-18(7-13)24-6-5-21-12-24/h1-10,12H,11H2. The number of carbonyl (C=O) groups is 1. The minimum Gasteiger partial charge on any atom is -0.457 e. The summed E-state index contributed by atoms with van der Waals surface area (Å²) in [5, 5.41) is 0.547. The molecule has 0 saturated heterocycles. The average molecular weight is 348 g/mol. The summed E-state index contributed by atoms with van der Waals surface area (Å²) < 4.78 is 20.4. The van der Waals surface area contributed by atoms with E-state index in [2.05, 4.69) is 15.0 Å². The number of esters is 1. The molecule has 0 unspecified atom stereocenters. The molecule has 4 aromatic rings. The number of halogens is 1. The number of ether oxygens (including phenoxy) is 1. The van der Waals surface area contributed by atoms with Crippen LogP contribution in [0.15, 0.2) is 67.5 Å². The van der Waals surface area contributed by atoms with Gasteiger partial charge in [0.05, 0.1) is 11.1 Å². The zero-order valence-electron chi connectivity index (χ0n) is 13.5. The summed E-state index contributed by atoms with van der Waals surface area (Å²) in [4.78, 5) is 24.7. The van der Waals surface area contributed by atoms with Crippen molar-refractivity contribution in [2.75, 3.05) is 0 Å². The van der Waals surface area contributed by atoms with Crippen molar-refractivity contribution in [1.82, 2.24) is 19.5 Å². The number of aromatic nitrogens is 4. The molecule has 0 amide bonds. The van der Waals surface area contributed by atoms with E-state index >= 15 is 0 Å². The van der Waals surface area contributed by atoms with Gasteiger partial charge in [-0.2, -0.15) is 0 Å². The third-order valence-electron chi connectivity index (χ3n) is 3.83. The van der Waals surface area contributed by atoms with Crippen molar-refractivity contribution in [2.45, 2.75) is 6.61 Å². The minimum absolute atomic E-state index is 0.0875. The first kappa shape index (κ1) is 15.9. The summed E-state index contributed by atoms with van der Waals surface area (Å²) >= 11 is 0. The number of benzene rings is 1. The largest absolute Gasteiger partial charge is 0.457 e. The molecule has 7 heteroatoms. The lowest BCUT2D eigenvalue weighted by Gasteiger charge is -2.07. The molecule has 0 saturated carbocycles. The SMILES string of the molecule is O=C(OCc1ccnc(-n2ccnc2)c1)c1cnc2ccc(F)cc2c1. The van der Waals surface area contributed by atoms with Gasteiger partial charge in [0.1, 0.15) is 24.6 Å². The highest BCUT2D eigenvalue weighted by atomic mass is 19.1. The number of pyridine rings is 2. The van der Waals surface area contributed by atoms with E-state index in [9.17, 15) is 9.18 Å². The Balaban J connectivity index is 1.49. The number of hydrogen-bond acceptors (Lipinski definition) is 5. The third kappa shape index (κ3) is 3.27. The van der Waals surface area contributed by atoms with E-state index in [1.54, 1.807) is 47.7 Å². The van der Waals surface area contributed by atoms with Gasteiger partial charge in [-0.15, -0.1) is 0 Å². The van der Waals surface area contributed by atoms with Crippen LogP contribution >= 0.6 is 0 Å². The van der Waals surface area contributed by atoms with Crippen LogP contribution in [0.3, 0.4) is 0 Å². The molecule has 0 aliphatic heterocycles. The van der Waals surface area contributed by atoms with Crippen LogP contribution in [-0.4, -0.2) is 25.5 Å². The van der Waals surface area contributed by atoms with E-state index in [0.717, 1.165) is 5.56 Å². The molecule has 128 valence electrons. The fraction of sp³-hybridized carbons (Fsp3) is 0.0526. The number of carbonyl (C=O) groups excluding carboxylic acids is 1. The van der Waals surface area contributed by atoms with Crippen LogP contribution in [0, 0.1) is 5.82 Å². The highest BCUT2D eigenvalue weighted by molar-refractivity contribution is 5.93. The van der Waals surface area contributed by atoms with Gasteiger partial charge < -0.3 is 4.74 Å². The Morgan fingerprint density at radius 3 is 2.88 bits per heavy atom. The monoisotopic (exact) mass is 348 g/mol. The molecule has 3 aromatic heterocycles. The van der Waals surface area contributed by atoms with Gasteiger partial charge in [0.25, 0.3) is 0 Å². The van der Waals surface area contributed by atoms with E-state index in [4.69, 9.17) is 4.74 Å². The lowest BCUT2D eigenvalue weighted by Crippen LogP contribution is -2.06. The van der Waals surface area contributed by atoms with Crippen LogP contribution < -0.4 is 0 Å².